The fourth-order valence-corrected chi connectivity index (χ4v) is 0.950. The second kappa shape index (κ2) is 3.20. The fraction of sp³-hybridized carbons (Fsp3) is 0.500. The van der Waals surface area contributed by atoms with Gasteiger partial charge in [-0.2, -0.15) is 0 Å². The molecule has 9 heavy (non-hydrogen) atoms. The topological polar surface area (TPSA) is 37.4 Å². The van der Waals surface area contributed by atoms with Crippen LogP contribution in [0.1, 0.15) is 0 Å². The van der Waals surface area contributed by atoms with E-state index in [9.17, 15) is 8.42 Å². The molecule has 3 nitrogen and oxygen atoms in total. The van der Waals surface area contributed by atoms with Gasteiger partial charge in [0.05, 0.1) is 5.41 Å². The van der Waals surface area contributed by atoms with Crippen LogP contribution in [-0.4, -0.2) is 26.8 Å². The zero-order valence-corrected chi connectivity index (χ0v) is 6.78. The molecule has 0 spiro atoms. The summed E-state index contributed by atoms with van der Waals surface area (Å²) >= 11 is 5.04. The van der Waals surface area contributed by atoms with Crippen LogP contribution < -0.4 is 0 Å². The summed E-state index contributed by atoms with van der Waals surface area (Å²) in [6.07, 6.45) is 0. The number of sulfonamides is 1. The average Bonchev–Trinajstić information content (AvgIpc) is 1.65. The molecule has 0 aliphatic carbocycles. The smallest absolute Gasteiger partial charge is 0.207 e. The third-order valence-corrected chi connectivity index (χ3v) is 2.51. The molecular formula is C4H8ClNO2S. The highest BCUT2D eigenvalue weighted by Crippen LogP contribution is 1.96. The summed E-state index contributed by atoms with van der Waals surface area (Å²) < 4.78 is 22.4. The maximum atomic E-state index is 10.7. The second-order valence-electron chi connectivity index (χ2n) is 1.59. The maximum absolute atomic E-state index is 10.7. The largest absolute Gasteiger partial charge is 0.236 e. The summed E-state index contributed by atoms with van der Waals surface area (Å²) in [5.41, 5.74) is 0.968. The zero-order valence-electron chi connectivity index (χ0n) is 5.20. The van der Waals surface area contributed by atoms with E-state index in [1.54, 1.807) is 0 Å². The minimum Gasteiger partial charge on any atom is -0.207 e. The first-order valence-corrected chi connectivity index (χ1v) is 4.14. The highest BCUT2D eigenvalue weighted by atomic mass is 35.5. The van der Waals surface area contributed by atoms with Gasteiger partial charge in [-0.25, -0.2) is 12.7 Å². The van der Waals surface area contributed by atoms with Gasteiger partial charge in [-0.3, -0.25) is 0 Å². The fourth-order valence-electron chi connectivity index (χ4n) is 0.187. The molecule has 0 heterocycles. The van der Waals surface area contributed by atoms with E-state index in [0.717, 1.165) is 15.2 Å². The predicted octanol–water partition coefficient (Wildman–Crippen LogP) is 0.588. The molecule has 0 N–H and O–H groups in total. The van der Waals surface area contributed by atoms with Crippen LogP contribution in [0, 0.1) is 0 Å². The van der Waals surface area contributed by atoms with Crippen molar-refractivity contribution >= 4 is 21.6 Å². The molecule has 0 aliphatic rings. The van der Waals surface area contributed by atoms with E-state index in [-0.39, 0.29) is 0 Å². The average molecular weight is 170 g/mol. The van der Waals surface area contributed by atoms with Crippen molar-refractivity contribution in [1.82, 2.24) is 4.31 Å². The summed E-state index contributed by atoms with van der Waals surface area (Å²) in [6.45, 7) is 0. The van der Waals surface area contributed by atoms with Gasteiger partial charge in [0.2, 0.25) is 10.0 Å². The van der Waals surface area contributed by atoms with Crippen LogP contribution in [0.4, 0.5) is 0 Å². The van der Waals surface area contributed by atoms with Gasteiger partial charge in [-0.05, 0) is 0 Å². The first kappa shape index (κ1) is 8.94. The molecule has 0 saturated carbocycles. The van der Waals surface area contributed by atoms with E-state index in [4.69, 9.17) is 11.6 Å². The molecule has 54 valence electrons. The lowest BCUT2D eigenvalue weighted by Crippen LogP contribution is -2.18. The molecule has 0 bridgehead atoms. The summed E-state index contributed by atoms with van der Waals surface area (Å²) in [7, 11) is -0.354. The summed E-state index contributed by atoms with van der Waals surface area (Å²) in [5.74, 6) is 0. The van der Waals surface area contributed by atoms with Crippen LogP contribution in [0.3, 0.4) is 0 Å². The van der Waals surface area contributed by atoms with E-state index in [0.29, 0.717) is 0 Å². The Hall–Kier alpha value is -0.0600. The van der Waals surface area contributed by atoms with Crippen molar-refractivity contribution in [2.24, 2.45) is 0 Å². The van der Waals surface area contributed by atoms with Crippen molar-refractivity contribution in [3.8, 4) is 0 Å². The third kappa shape index (κ3) is 2.84. The second-order valence-corrected chi connectivity index (χ2v) is 3.87. The molecule has 0 aliphatic heterocycles. The molecule has 0 amide bonds. The predicted molar refractivity (Wildman–Crippen MR) is 37.6 cm³/mol. The Morgan fingerprint density at radius 1 is 1.44 bits per heavy atom. The van der Waals surface area contributed by atoms with Gasteiger partial charge >= 0.3 is 0 Å². The Balaban J connectivity index is 4.42. The zero-order chi connectivity index (χ0) is 7.49. The third-order valence-electron chi connectivity index (χ3n) is 0.732. The van der Waals surface area contributed by atoms with Crippen molar-refractivity contribution in [3.63, 3.8) is 0 Å². The first-order chi connectivity index (χ1) is 4.00. The highest BCUT2D eigenvalue weighted by molar-refractivity contribution is 7.92. The van der Waals surface area contributed by atoms with Gasteiger partial charge in [-0.15, -0.1) is 0 Å². The number of hydrogen-bond acceptors (Lipinski definition) is 2. The highest BCUT2D eigenvalue weighted by Gasteiger charge is 2.06. The van der Waals surface area contributed by atoms with E-state index in [2.05, 4.69) is 0 Å². The number of rotatable bonds is 2. The molecule has 0 rings (SSSR count). The van der Waals surface area contributed by atoms with Gasteiger partial charge in [0.15, 0.2) is 0 Å². The van der Waals surface area contributed by atoms with Crippen LogP contribution in [0.15, 0.2) is 10.9 Å². The minimum absolute atomic E-state index is 0.925. The standard InChI is InChI=1S/C4H8ClNO2S/c1-6(2)9(7,8)4-3-5/h3-4H,1-2H3. The molecular weight excluding hydrogens is 162 g/mol. The molecule has 0 aromatic rings. The lowest BCUT2D eigenvalue weighted by molar-refractivity contribution is 0.531. The number of halogens is 1. The summed E-state index contributed by atoms with van der Waals surface area (Å²) in [5, 5.41) is 0.925. The van der Waals surface area contributed by atoms with Crippen molar-refractivity contribution in [2.75, 3.05) is 14.1 Å². The van der Waals surface area contributed by atoms with E-state index in [1.807, 2.05) is 0 Å². The molecule has 0 fully saturated rings. The molecule has 0 aromatic heterocycles. The first-order valence-electron chi connectivity index (χ1n) is 2.20. The quantitative estimate of drug-likeness (QED) is 0.607. The van der Waals surface area contributed by atoms with Crippen LogP contribution in [0.2, 0.25) is 0 Å². The normalized spacial score (nSPS) is 13.3. The van der Waals surface area contributed by atoms with E-state index < -0.39 is 10.0 Å². The Kier molecular flexibility index (Phi) is 3.17. The Bertz CT molecular complexity index is 195. The van der Waals surface area contributed by atoms with Gasteiger partial charge in [0.1, 0.15) is 0 Å². The lowest BCUT2D eigenvalue weighted by atomic mass is 11.2. The van der Waals surface area contributed by atoms with Crippen LogP contribution >= 0.6 is 11.6 Å². The Morgan fingerprint density at radius 3 is 2.00 bits per heavy atom. The monoisotopic (exact) mass is 169 g/mol. The maximum Gasteiger partial charge on any atom is 0.236 e. The summed E-state index contributed by atoms with van der Waals surface area (Å²) in [4.78, 5) is 0. The molecule has 0 radical (unpaired) electrons. The van der Waals surface area contributed by atoms with Crippen molar-refractivity contribution in [1.29, 1.82) is 0 Å². The van der Waals surface area contributed by atoms with Crippen LogP contribution in [-0.2, 0) is 10.0 Å². The van der Waals surface area contributed by atoms with Gasteiger partial charge < -0.3 is 0 Å². The Morgan fingerprint density at radius 2 is 1.89 bits per heavy atom. The van der Waals surface area contributed by atoms with Crippen LogP contribution in [0.5, 0.6) is 0 Å². The van der Waals surface area contributed by atoms with Crippen LogP contribution in [0.25, 0.3) is 0 Å². The minimum atomic E-state index is -3.23. The summed E-state index contributed by atoms with van der Waals surface area (Å²) in [6, 6.07) is 0. The van der Waals surface area contributed by atoms with E-state index >= 15 is 0 Å². The molecule has 0 aromatic carbocycles. The molecule has 0 atom stereocenters. The van der Waals surface area contributed by atoms with Crippen molar-refractivity contribution < 1.29 is 8.42 Å². The Labute approximate surface area is 60.0 Å². The number of nitrogens with zero attached hydrogens (tertiary/aromatic N) is 1. The number of hydrogen-bond donors (Lipinski definition) is 0. The lowest BCUT2D eigenvalue weighted by Gasteiger charge is -2.04. The molecule has 5 heteroatoms. The van der Waals surface area contributed by atoms with Crippen molar-refractivity contribution in [3.05, 3.63) is 10.9 Å². The molecule has 0 unspecified atom stereocenters. The van der Waals surface area contributed by atoms with Gasteiger partial charge in [0.25, 0.3) is 0 Å². The van der Waals surface area contributed by atoms with Gasteiger partial charge in [0, 0.05) is 19.6 Å². The molecule has 0 saturated heterocycles. The van der Waals surface area contributed by atoms with Gasteiger partial charge in [-0.1, -0.05) is 11.6 Å². The SMILES string of the molecule is CN(C)S(=O)(=O)C=CCl. The van der Waals surface area contributed by atoms with Crippen molar-refractivity contribution in [2.45, 2.75) is 0 Å². The van der Waals surface area contributed by atoms with E-state index in [1.165, 1.54) is 14.1 Å².